The molecule has 0 aromatic carbocycles. The molecule has 4 heteroatoms. The van der Waals surface area contributed by atoms with E-state index < -0.39 is 23.5 Å². The minimum Gasteiger partial charge on any atom is -0.415 e. The lowest BCUT2D eigenvalue weighted by atomic mass is 10.2. The van der Waals surface area contributed by atoms with Crippen molar-refractivity contribution < 1.29 is 4.43 Å². The third kappa shape index (κ3) is 4.65. The smallest absolute Gasteiger partial charge is 0.177 e. The highest BCUT2D eigenvalue weighted by atomic mass is 29.3. The van der Waals surface area contributed by atoms with Crippen LogP contribution in [-0.2, 0) is 4.43 Å². The average molecular weight is 291 g/mol. The molecule has 0 aliphatic carbocycles. The zero-order chi connectivity index (χ0) is 14.3. The Hall–Kier alpha value is 0.611. The molecular formula is C13H34OSi3. The van der Waals surface area contributed by atoms with E-state index in [2.05, 4.69) is 73.5 Å². The molecule has 0 saturated heterocycles. The predicted octanol–water partition coefficient (Wildman–Crippen LogP) is 5.06. The van der Waals surface area contributed by atoms with Crippen molar-refractivity contribution in [1.82, 2.24) is 0 Å². The highest BCUT2D eigenvalue weighted by Gasteiger charge is 2.53. The van der Waals surface area contributed by atoms with Crippen LogP contribution in [0.5, 0.6) is 0 Å². The van der Waals surface area contributed by atoms with E-state index >= 15 is 0 Å². The van der Waals surface area contributed by atoms with Gasteiger partial charge in [0.1, 0.15) is 0 Å². The minimum atomic E-state index is -1.62. The molecule has 0 aromatic rings. The molecule has 0 aliphatic rings. The van der Waals surface area contributed by atoms with Gasteiger partial charge >= 0.3 is 0 Å². The van der Waals surface area contributed by atoms with Gasteiger partial charge in [-0.25, -0.2) is 0 Å². The second-order valence-corrected chi connectivity index (χ2v) is 30.1. The SMILES string of the molecule is C[C@@H]([Si](C)(C)C)[Si@@](C)(OC(C)(C)C)[Si](C)(C)C. The first-order valence-corrected chi connectivity index (χ1v) is 17.4. The fourth-order valence-corrected chi connectivity index (χ4v) is 25.7. The van der Waals surface area contributed by atoms with Crippen LogP contribution >= 0.6 is 0 Å². The Labute approximate surface area is 112 Å². The summed E-state index contributed by atoms with van der Waals surface area (Å²) in [5.74, 6) is 0. The van der Waals surface area contributed by atoms with Gasteiger partial charge in [0.25, 0.3) is 0 Å². The summed E-state index contributed by atoms with van der Waals surface area (Å²) >= 11 is 0. The molecule has 2 atom stereocenters. The van der Waals surface area contributed by atoms with Gasteiger partial charge in [0.05, 0.1) is 7.59 Å². The summed E-state index contributed by atoms with van der Waals surface area (Å²) in [5.41, 5.74) is 0.00909. The Bertz CT molecular complexity index is 257. The molecule has 0 aliphatic heterocycles. The zero-order valence-corrected chi connectivity index (χ0v) is 17.0. The maximum atomic E-state index is 6.71. The molecule has 0 unspecified atom stereocenters. The molecule has 0 rings (SSSR count). The van der Waals surface area contributed by atoms with Gasteiger partial charge in [-0.2, -0.15) is 0 Å². The van der Waals surface area contributed by atoms with Crippen molar-refractivity contribution >= 4 is 23.5 Å². The largest absolute Gasteiger partial charge is 0.415 e. The normalized spacial score (nSPS) is 19.9. The summed E-state index contributed by atoms with van der Waals surface area (Å²) < 4.78 is 6.71. The van der Waals surface area contributed by atoms with Crippen LogP contribution in [0.2, 0.25) is 51.0 Å². The van der Waals surface area contributed by atoms with Crippen molar-refractivity contribution in [2.24, 2.45) is 0 Å². The average Bonchev–Trinajstić information content (AvgIpc) is 1.95. The summed E-state index contributed by atoms with van der Waals surface area (Å²) in [6.45, 7) is 26.6. The predicted molar refractivity (Wildman–Crippen MR) is 88.6 cm³/mol. The Morgan fingerprint density at radius 2 is 1.18 bits per heavy atom. The Kier molecular flexibility index (Phi) is 5.12. The third-order valence-electron chi connectivity index (χ3n) is 4.13. The summed E-state index contributed by atoms with van der Waals surface area (Å²) in [5, 5.41) is 0.820. The van der Waals surface area contributed by atoms with Gasteiger partial charge in [-0.15, -0.1) is 0 Å². The number of hydrogen-bond donors (Lipinski definition) is 0. The van der Waals surface area contributed by atoms with Gasteiger partial charge in [0.2, 0.25) is 0 Å². The highest BCUT2D eigenvalue weighted by molar-refractivity contribution is 7.41. The van der Waals surface area contributed by atoms with E-state index in [1.54, 1.807) is 0 Å². The molecule has 0 saturated carbocycles. The Morgan fingerprint density at radius 3 is 1.35 bits per heavy atom. The van der Waals surface area contributed by atoms with E-state index in [0.717, 1.165) is 5.16 Å². The van der Waals surface area contributed by atoms with Crippen molar-refractivity contribution in [2.45, 2.75) is 84.3 Å². The third-order valence-corrected chi connectivity index (χ3v) is 28.1. The van der Waals surface area contributed by atoms with Crippen LogP contribution in [0.25, 0.3) is 0 Å². The lowest BCUT2D eigenvalue weighted by Crippen LogP contribution is -2.66. The van der Waals surface area contributed by atoms with E-state index in [1.165, 1.54) is 0 Å². The first-order valence-electron chi connectivity index (χ1n) is 6.81. The van der Waals surface area contributed by atoms with Crippen molar-refractivity contribution in [3.8, 4) is 0 Å². The van der Waals surface area contributed by atoms with Gasteiger partial charge in [-0.3, -0.25) is 0 Å². The monoisotopic (exact) mass is 290 g/mol. The van der Waals surface area contributed by atoms with E-state index in [1.807, 2.05) is 0 Å². The lowest BCUT2D eigenvalue weighted by molar-refractivity contribution is 0.123. The first kappa shape index (κ1) is 17.6. The molecule has 0 fully saturated rings. The molecule has 1 nitrogen and oxygen atoms in total. The van der Waals surface area contributed by atoms with Gasteiger partial charge < -0.3 is 4.43 Å². The second kappa shape index (κ2) is 4.95. The van der Waals surface area contributed by atoms with Crippen molar-refractivity contribution in [1.29, 1.82) is 0 Å². The second-order valence-electron chi connectivity index (χ2n) is 8.66. The van der Waals surface area contributed by atoms with Crippen LogP contribution in [0.1, 0.15) is 27.7 Å². The van der Waals surface area contributed by atoms with E-state index in [-0.39, 0.29) is 5.60 Å². The molecule has 0 amide bonds. The maximum Gasteiger partial charge on any atom is 0.177 e. The number of rotatable bonds is 4. The quantitative estimate of drug-likeness (QED) is 0.658. The fourth-order valence-electron chi connectivity index (χ4n) is 2.35. The molecular weight excluding hydrogens is 256 g/mol. The fraction of sp³-hybridized carbons (Fsp3) is 1.00. The topological polar surface area (TPSA) is 9.23 Å². The van der Waals surface area contributed by atoms with Crippen LogP contribution in [0, 0.1) is 0 Å². The van der Waals surface area contributed by atoms with Crippen LogP contribution in [-0.4, -0.2) is 29.1 Å². The van der Waals surface area contributed by atoms with Gasteiger partial charge in [0, 0.05) is 13.7 Å². The van der Waals surface area contributed by atoms with Gasteiger partial charge in [-0.05, 0) is 32.5 Å². The lowest BCUT2D eigenvalue weighted by Gasteiger charge is -2.50. The van der Waals surface area contributed by atoms with Crippen LogP contribution in [0.3, 0.4) is 0 Å². The van der Waals surface area contributed by atoms with Crippen molar-refractivity contribution in [3.05, 3.63) is 0 Å². The van der Waals surface area contributed by atoms with Gasteiger partial charge in [-0.1, -0.05) is 46.2 Å². The van der Waals surface area contributed by atoms with E-state index in [9.17, 15) is 0 Å². The van der Waals surface area contributed by atoms with Crippen molar-refractivity contribution in [2.75, 3.05) is 0 Å². The van der Waals surface area contributed by atoms with Crippen molar-refractivity contribution in [3.63, 3.8) is 0 Å². The molecule has 0 bridgehead atoms. The Balaban J connectivity index is 5.43. The molecule has 0 aromatic heterocycles. The zero-order valence-electron chi connectivity index (χ0n) is 14.0. The number of hydrogen-bond acceptors (Lipinski definition) is 1. The summed E-state index contributed by atoms with van der Waals surface area (Å²) in [7, 11) is -4.00. The molecule has 17 heavy (non-hydrogen) atoms. The molecule has 0 N–H and O–H groups in total. The van der Waals surface area contributed by atoms with Crippen LogP contribution in [0.15, 0.2) is 0 Å². The van der Waals surface area contributed by atoms with Crippen LogP contribution in [0.4, 0.5) is 0 Å². The van der Waals surface area contributed by atoms with Crippen LogP contribution < -0.4 is 0 Å². The first-order chi connectivity index (χ1) is 7.11. The minimum absolute atomic E-state index is 0.00909. The summed E-state index contributed by atoms with van der Waals surface area (Å²) in [6.07, 6.45) is 0. The molecule has 104 valence electrons. The van der Waals surface area contributed by atoms with Gasteiger partial charge in [0.15, 0.2) is 7.83 Å². The molecule has 0 radical (unpaired) electrons. The van der Waals surface area contributed by atoms with E-state index in [0.29, 0.717) is 0 Å². The van der Waals surface area contributed by atoms with E-state index in [4.69, 9.17) is 4.43 Å². The standard InChI is InChI=1S/C13H34OSi3/c1-12(15(5,6)7)17(11,16(8,9)10)14-13(2,3)4/h12H,1-11H3/t12-,17-/m0/s1. The maximum absolute atomic E-state index is 6.71. The molecule has 0 spiro atoms. The summed E-state index contributed by atoms with van der Waals surface area (Å²) in [4.78, 5) is 0. The highest BCUT2D eigenvalue weighted by Crippen LogP contribution is 2.40. The molecule has 0 heterocycles. The Morgan fingerprint density at radius 1 is 0.824 bits per heavy atom. The summed E-state index contributed by atoms with van der Waals surface area (Å²) in [6, 6.07) is 0.